The molecule has 2 aromatic rings. The Balaban J connectivity index is 1.66. The number of thioether (sulfide) groups is 1. The third kappa shape index (κ3) is 6.15. The Morgan fingerprint density at radius 3 is 2.54 bits per heavy atom. The third-order valence-electron chi connectivity index (χ3n) is 2.99. The van der Waals surface area contributed by atoms with E-state index >= 15 is 0 Å². The summed E-state index contributed by atoms with van der Waals surface area (Å²) in [5.41, 5.74) is 0.518. The number of carbonyl (C=O) groups is 1. The summed E-state index contributed by atoms with van der Waals surface area (Å²) in [6, 6.07) is 12.3. The zero-order chi connectivity index (χ0) is 17.4. The smallest absolute Gasteiger partial charge is 0.234 e. The lowest BCUT2D eigenvalue weighted by atomic mass is 10.3. The normalized spacial score (nSPS) is 10.3. The number of benzene rings is 2. The lowest BCUT2D eigenvalue weighted by molar-refractivity contribution is -0.113. The number of hydrogen-bond acceptors (Lipinski definition) is 4. The molecule has 0 aliphatic heterocycles. The Kier molecular flexibility index (Phi) is 7.56. The van der Waals surface area contributed by atoms with Crippen molar-refractivity contribution >= 4 is 46.6 Å². The second-order valence-corrected chi connectivity index (χ2v) is 6.70. The number of nitrogens with one attached hydrogen (secondary N) is 1. The molecule has 0 unspecified atom stereocenters. The minimum Gasteiger partial charge on any atom is -0.497 e. The van der Waals surface area contributed by atoms with Crippen molar-refractivity contribution in [3.8, 4) is 11.5 Å². The van der Waals surface area contributed by atoms with Gasteiger partial charge in [0.25, 0.3) is 0 Å². The van der Waals surface area contributed by atoms with Crippen LogP contribution in [0.5, 0.6) is 11.5 Å². The Morgan fingerprint density at radius 1 is 1.12 bits per heavy atom. The van der Waals surface area contributed by atoms with Crippen LogP contribution in [0.25, 0.3) is 0 Å². The van der Waals surface area contributed by atoms with Gasteiger partial charge in [-0.15, -0.1) is 11.8 Å². The van der Waals surface area contributed by atoms with Gasteiger partial charge in [0, 0.05) is 10.8 Å². The minimum absolute atomic E-state index is 0.131. The van der Waals surface area contributed by atoms with E-state index in [2.05, 4.69) is 5.32 Å². The molecule has 0 aromatic heterocycles. The standard InChI is InChI=1S/C17H17Cl2NO3S/c1-22-13-3-5-14(6-4-13)23-8-9-24-11-17(21)20-16-10-12(18)2-7-15(16)19/h2-7,10H,8-9,11H2,1H3,(H,20,21). The van der Waals surface area contributed by atoms with Crippen LogP contribution in [0.15, 0.2) is 42.5 Å². The van der Waals surface area contributed by atoms with Crippen LogP contribution in [0.4, 0.5) is 5.69 Å². The van der Waals surface area contributed by atoms with E-state index in [0.29, 0.717) is 33.8 Å². The van der Waals surface area contributed by atoms with Crippen molar-refractivity contribution in [3.63, 3.8) is 0 Å². The highest BCUT2D eigenvalue weighted by Gasteiger charge is 2.07. The van der Waals surface area contributed by atoms with Crippen LogP contribution >= 0.6 is 35.0 Å². The van der Waals surface area contributed by atoms with Gasteiger partial charge in [-0.3, -0.25) is 4.79 Å². The third-order valence-corrected chi connectivity index (χ3v) is 4.48. The minimum atomic E-state index is -0.131. The number of rotatable bonds is 8. The van der Waals surface area contributed by atoms with E-state index in [9.17, 15) is 4.79 Å². The van der Waals surface area contributed by atoms with E-state index in [-0.39, 0.29) is 5.91 Å². The Bertz CT molecular complexity index is 680. The fourth-order valence-corrected chi connectivity index (χ4v) is 2.77. The van der Waals surface area contributed by atoms with Gasteiger partial charge in [0.05, 0.1) is 30.2 Å². The lowest BCUT2D eigenvalue weighted by Gasteiger charge is -2.08. The molecule has 2 rings (SSSR count). The molecular formula is C17H17Cl2NO3S. The van der Waals surface area contributed by atoms with Crippen molar-refractivity contribution in [1.29, 1.82) is 0 Å². The maximum absolute atomic E-state index is 11.9. The average molecular weight is 386 g/mol. The van der Waals surface area contributed by atoms with Gasteiger partial charge >= 0.3 is 0 Å². The molecule has 1 amide bonds. The summed E-state index contributed by atoms with van der Waals surface area (Å²) in [6.07, 6.45) is 0. The summed E-state index contributed by atoms with van der Waals surface area (Å²) in [7, 11) is 1.62. The van der Waals surface area contributed by atoms with Crippen LogP contribution in [0, 0.1) is 0 Å². The van der Waals surface area contributed by atoms with E-state index in [1.807, 2.05) is 24.3 Å². The molecule has 0 radical (unpaired) electrons. The van der Waals surface area contributed by atoms with Crippen LogP contribution < -0.4 is 14.8 Å². The number of methoxy groups -OCH3 is 1. The van der Waals surface area contributed by atoms with Crippen LogP contribution in [0.1, 0.15) is 0 Å². The average Bonchev–Trinajstić information content (AvgIpc) is 2.58. The van der Waals surface area contributed by atoms with E-state index in [1.54, 1.807) is 25.3 Å². The fraction of sp³-hybridized carbons (Fsp3) is 0.235. The first kappa shape index (κ1) is 18.8. The van der Waals surface area contributed by atoms with Crippen molar-refractivity contribution in [2.24, 2.45) is 0 Å². The van der Waals surface area contributed by atoms with Crippen molar-refractivity contribution in [2.45, 2.75) is 0 Å². The second-order valence-electron chi connectivity index (χ2n) is 4.75. The highest BCUT2D eigenvalue weighted by molar-refractivity contribution is 7.99. The number of ether oxygens (including phenoxy) is 2. The first-order valence-corrected chi connectivity index (χ1v) is 9.09. The summed E-state index contributed by atoms with van der Waals surface area (Å²) >= 11 is 13.4. The number of amides is 1. The molecule has 2 aromatic carbocycles. The van der Waals surface area contributed by atoms with Gasteiger partial charge in [-0.1, -0.05) is 23.2 Å². The highest BCUT2D eigenvalue weighted by Crippen LogP contribution is 2.25. The molecule has 24 heavy (non-hydrogen) atoms. The highest BCUT2D eigenvalue weighted by atomic mass is 35.5. The largest absolute Gasteiger partial charge is 0.497 e. The molecular weight excluding hydrogens is 369 g/mol. The van der Waals surface area contributed by atoms with Crippen molar-refractivity contribution < 1.29 is 14.3 Å². The Labute approximate surface area is 155 Å². The van der Waals surface area contributed by atoms with Gasteiger partial charge in [0.2, 0.25) is 5.91 Å². The SMILES string of the molecule is COc1ccc(OCCSCC(=O)Nc2cc(Cl)ccc2Cl)cc1. The van der Waals surface area contributed by atoms with Gasteiger partial charge in [-0.2, -0.15) is 0 Å². The van der Waals surface area contributed by atoms with Crippen molar-refractivity contribution in [1.82, 2.24) is 0 Å². The number of carbonyl (C=O) groups excluding carboxylic acids is 1. The molecule has 128 valence electrons. The van der Waals surface area contributed by atoms with Crippen molar-refractivity contribution in [3.05, 3.63) is 52.5 Å². The predicted molar refractivity (Wildman–Crippen MR) is 101 cm³/mol. The maximum Gasteiger partial charge on any atom is 0.234 e. The van der Waals surface area contributed by atoms with E-state index in [1.165, 1.54) is 11.8 Å². The van der Waals surface area contributed by atoms with Gasteiger partial charge < -0.3 is 14.8 Å². The maximum atomic E-state index is 11.9. The van der Waals surface area contributed by atoms with Crippen LogP contribution in [0.3, 0.4) is 0 Å². The van der Waals surface area contributed by atoms with E-state index in [0.717, 1.165) is 11.5 Å². The van der Waals surface area contributed by atoms with Crippen molar-refractivity contribution in [2.75, 3.05) is 30.5 Å². The lowest BCUT2D eigenvalue weighted by Crippen LogP contribution is -2.15. The first-order valence-electron chi connectivity index (χ1n) is 7.18. The second kappa shape index (κ2) is 9.67. The van der Waals surface area contributed by atoms with Crippen LogP contribution in [-0.4, -0.2) is 31.1 Å². The number of hydrogen-bond donors (Lipinski definition) is 1. The molecule has 0 bridgehead atoms. The molecule has 0 aliphatic carbocycles. The molecule has 7 heteroatoms. The fourth-order valence-electron chi connectivity index (χ4n) is 1.83. The van der Waals surface area contributed by atoms with E-state index < -0.39 is 0 Å². The molecule has 1 N–H and O–H groups in total. The zero-order valence-electron chi connectivity index (χ0n) is 13.1. The molecule has 0 saturated heterocycles. The summed E-state index contributed by atoms with van der Waals surface area (Å²) in [5.74, 6) is 2.44. The molecule has 0 fully saturated rings. The predicted octanol–water partition coefficient (Wildman–Crippen LogP) is 4.75. The molecule has 4 nitrogen and oxygen atoms in total. The molecule has 0 saturated carbocycles. The first-order chi connectivity index (χ1) is 11.6. The molecule has 0 aliphatic rings. The molecule has 0 heterocycles. The van der Waals surface area contributed by atoms with Crippen LogP contribution in [-0.2, 0) is 4.79 Å². The number of halogens is 2. The molecule has 0 atom stereocenters. The summed E-state index contributed by atoms with van der Waals surface area (Å²) in [4.78, 5) is 11.9. The summed E-state index contributed by atoms with van der Waals surface area (Å²) < 4.78 is 10.7. The Hall–Kier alpha value is -1.56. The van der Waals surface area contributed by atoms with E-state index in [4.69, 9.17) is 32.7 Å². The summed E-state index contributed by atoms with van der Waals surface area (Å²) in [5, 5.41) is 3.72. The number of anilines is 1. The zero-order valence-corrected chi connectivity index (χ0v) is 15.4. The summed E-state index contributed by atoms with van der Waals surface area (Å²) in [6.45, 7) is 0.516. The quantitative estimate of drug-likeness (QED) is 0.665. The van der Waals surface area contributed by atoms with Gasteiger partial charge in [-0.05, 0) is 42.5 Å². The topological polar surface area (TPSA) is 47.6 Å². The van der Waals surface area contributed by atoms with Gasteiger partial charge in [0.15, 0.2) is 0 Å². The van der Waals surface area contributed by atoms with Gasteiger partial charge in [-0.25, -0.2) is 0 Å². The van der Waals surface area contributed by atoms with Gasteiger partial charge in [0.1, 0.15) is 11.5 Å². The van der Waals surface area contributed by atoms with Crippen LogP contribution in [0.2, 0.25) is 10.0 Å². The monoisotopic (exact) mass is 385 g/mol. The molecule has 0 spiro atoms. The Morgan fingerprint density at radius 2 is 1.83 bits per heavy atom.